The van der Waals surface area contributed by atoms with Crippen molar-refractivity contribution in [1.82, 2.24) is 4.98 Å². The van der Waals surface area contributed by atoms with Gasteiger partial charge in [0.1, 0.15) is 5.75 Å². The lowest BCUT2D eigenvalue weighted by Gasteiger charge is -2.43. The minimum Gasteiger partial charge on any atom is -0.508 e. The molecule has 2 aliphatic carbocycles. The van der Waals surface area contributed by atoms with E-state index < -0.39 is 0 Å². The zero-order chi connectivity index (χ0) is 22.4. The molecule has 2 N–H and O–H groups in total. The van der Waals surface area contributed by atoms with E-state index in [1.165, 1.54) is 16.2 Å². The highest BCUT2D eigenvalue weighted by molar-refractivity contribution is 8.00. The average molecular weight is 477 g/mol. The molecule has 166 valence electrons. The Morgan fingerprint density at radius 3 is 2.36 bits per heavy atom. The number of para-hydroxylation sites is 2. The monoisotopic (exact) mass is 476 g/mol. The molecule has 1 aromatic heterocycles. The van der Waals surface area contributed by atoms with Crippen LogP contribution in [-0.4, -0.2) is 27.2 Å². The number of benzene rings is 2. The molecule has 2 aliphatic heterocycles. The molecule has 0 spiro atoms. The summed E-state index contributed by atoms with van der Waals surface area (Å²) in [5.74, 6) is -0.602. The zero-order valence-corrected chi connectivity index (χ0v) is 19.0. The van der Waals surface area contributed by atoms with Crippen LogP contribution in [0.3, 0.4) is 0 Å². The Morgan fingerprint density at radius 2 is 1.61 bits per heavy atom. The summed E-state index contributed by atoms with van der Waals surface area (Å²) in [6.07, 6.45) is 0.834. The number of nitrogens with one attached hydrogen (secondary N) is 1. The van der Waals surface area contributed by atoms with Gasteiger partial charge in [0, 0.05) is 21.6 Å². The van der Waals surface area contributed by atoms with Gasteiger partial charge < -0.3 is 10.1 Å². The van der Waals surface area contributed by atoms with Gasteiger partial charge in [-0.1, -0.05) is 47.7 Å². The highest BCUT2D eigenvalue weighted by atomic mass is 32.2. The largest absolute Gasteiger partial charge is 0.508 e. The van der Waals surface area contributed by atoms with Crippen molar-refractivity contribution in [1.29, 1.82) is 0 Å². The summed E-state index contributed by atoms with van der Waals surface area (Å²) in [4.78, 5) is 44.6. The number of aromatic amines is 1. The Bertz CT molecular complexity index is 1370. The van der Waals surface area contributed by atoms with Crippen LogP contribution < -0.4 is 9.77 Å². The van der Waals surface area contributed by atoms with E-state index in [1.807, 2.05) is 42.5 Å². The minimum atomic E-state index is -0.338. The number of anilines is 1. The molecule has 3 aromatic rings. The van der Waals surface area contributed by atoms with Crippen LogP contribution in [0.1, 0.15) is 22.8 Å². The smallest absolute Gasteiger partial charge is 0.305 e. The van der Waals surface area contributed by atoms with E-state index in [1.54, 1.807) is 23.9 Å². The first-order valence-electron chi connectivity index (χ1n) is 11.1. The van der Waals surface area contributed by atoms with E-state index in [2.05, 4.69) is 4.98 Å². The number of thiazole rings is 1. The quantitative estimate of drug-likeness (QED) is 0.549. The number of thioether (sulfide) groups is 1. The fourth-order valence-electron chi connectivity index (χ4n) is 6.95. The second-order valence-electron chi connectivity index (χ2n) is 9.37. The normalized spacial score (nSPS) is 33.8. The molecule has 1 saturated heterocycles. The zero-order valence-electron chi connectivity index (χ0n) is 17.4. The lowest BCUT2D eigenvalue weighted by molar-refractivity contribution is -0.123. The summed E-state index contributed by atoms with van der Waals surface area (Å²) < 4.78 is 0. The third kappa shape index (κ3) is 2.53. The summed E-state index contributed by atoms with van der Waals surface area (Å²) in [6, 6.07) is 16.5. The number of phenols is 1. The van der Waals surface area contributed by atoms with Crippen LogP contribution in [-0.2, 0) is 9.59 Å². The topological polar surface area (TPSA) is 90.5 Å². The van der Waals surface area contributed by atoms with Gasteiger partial charge in [-0.3, -0.25) is 19.3 Å². The number of phenolic OH excluding ortho intramolecular Hbond substituents is 1. The molecule has 0 radical (unpaired) electrons. The van der Waals surface area contributed by atoms with Crippen LogP contribution in [0, 0.1) is 29.6 Å². The van der Waals surface area contributed by atoms with E-state index in [-0.39, 0.29) is 63.2 Å². The van der Waals surface area contributed by atoms with Crippen LogP contribution in [0.25, 0.3) is 0 Å². The molecule has 7 rings (SSSR count). The van der Waals surface area contributed by atoms with Crippen molar-refractivity contribution in [3.8, 4) is 5.75 Å². The molecule has 4 aliphatic rings. The van der Waals surface area contributed by atoms with Crippen LogP contribution in [0.15, 0.2) is 64.4 Å². The van der Waals surface area contributed by atoms with Crippen molar-refractivity contribution < 1.29 is 14.7 Å². The SMILES string of the molecule is O=C1[C@@H]2[C@H]3C[C@@H]([C@@H]2C(=O)N1c1ccccc1)[C@@H]1[C@H](c2ccccc2O)c2sc(=O)[nH]c2S[C@H]31. The molecule has 2 aromatic carbocycles. The van der Waals surface area contributed by atoms with Crippen LogP contribution in [0.4, 0.5) is 5.69 Å². The number of nitrogens with zero attached hydrogens (tertiary/aromatic N) is 1. The van der Waals surface area contributed by atoms with Crippen molar-refractivity contribution in [3.63, 3.8) is 0 Å². The number of carbonyl (C=O) groups excluding carboxylic acids is 2. The molecular formula is C25H20N2O4S2. The Labute approximate surface area is 197 Å². The van der Waals surface area contributed by atoms with Gasteiger partial charge in [0.2, 0.25) is 11.8 Å². The van der Waals surface area contributed by atoms with Gasteiger partial charge in [-0.15, -0.1) is 11.8 Å². The number of aromatic hydroxyl groups is 1. The number of carbonyl (C=O) groups is 2. The third-order valence-electron chi connectivity index (χ3n) is 8.01. The van der Waals surface area contributed by atoms with Gasteiger partial charge in [0.15, 0.2) is 0 Å². The second-order valence-corrected chi connectivity index (χ2v) is 11.6. The molecule has 2 bridgehead atoms. The van der Waals surface area contributed by atoms with E-state index in [4.69, 9.17) is 0 Å². The van der Waals surface area contributed by atoms with E-state index >= 15 is 0 Å². The van der Waals surface area contributed by atoms with Gasteiger partial charge in [0.05, 0.1) is 22.5 Å². The van der Waals surface area contributed by atoms with Crippen molar-refractivity contribution in [2.45, 2.75) is 22.6 Å². The summed E-state index contributed by atoms with van der Waals surface area (Å²) in [5, 5.41) is 11.7. The molecule has 3 heterocycles. The molecule has 2 amide bonds. The number of hydrogen-bond donors (Lipinski definition) is 2. The fraction of sp³-hybridized carbons (Fsp3) is 0.320. The van der Waals surface area contributed by atoms with Crippen molar-refractivity contribution in [2.24, 2.45) is 29.6 Å². The maximum absolute atomic E-state index is 13.6. The van der Waals surface area contributed by atoms with Gasteiger partial charge >= 0.3 is 4.87 Å². The van der Waals surface area contributed by atoms with E-state index in [9.17, 15) is 19.5 Å². The molecule has 2 saturated carbocycles. The molecule has 6 nitrogen and oxygen atoms in total. The Hall–Kier alpha value is -2.84. The molecule has 0 unspecified atom stereocenters. The van der Waals surface area contributed by atoms with Crippen LogP contribution in [0.5, 0.6) is 5.75 Å². The van der Waals surface area contributed by atoms with Crippen LogP contribution in [0.2, 0.25) is 0 Å². The molecule has 7 atom stereocenters. The standard InChI is InChI=1S/C25H20N2O4S2/c28-15-9-5-4-8-12(15)16-17-13-10-14(20(17)32-22-21(16)33-25(31)26-22)19-18(13)23(29)27(24(19)30)11-6-2-1-3-7-11/h1-9,13-14,16-20,28H,10H2,(H,26,31)/t13-,14-,16+,17-,18+,19-,20-/m1/s1. The number of aromatic nitrogens is 1. The third-order valence-corrected chi connectivity index (χ3v) is 10.6. The predicted octanol–water partition coefficient (Wildman–Crippen LogP) is 3.82. The van der Waals surface area contributed by atoms with Crippen molar-refractivity contribution >= 4 is 40.6 Å². The lowest BCUT2D eigenvalue weighted by atomic mass is 9.68. The maximum Gasteiger partial charge on any atom is 0.305 e. The summed E-state index contributed by atoms with van der Waals surface area (Å²) in [5.41, 5.74) is 1.43. The predicted molar refractivity (Wildman–Crippen MR) is 126 cm³/mol. The number of fused-ring (bicyclic) bond motifs is 9. The van der Waals surface area contributed by atoms with Crippen molar-refractivity contribution in [3.05, 3.63) is 74.7 Å². The number of amides is 2. The number of hydrogen-bond acceptors (Lipinski definition) is 6. The van der Waals surface area contributed by atoms with Gasteiger partial charge in [-0.2, -0.15) is 0 Å². The number of imide groups is 1. The van der Waals surface area contributed by atoms with Gasteiger partial charge in [-0.25, -0.2) is 0 Å². The Kier molecular flexibility index (Phi) is 4.06. The maximum atomic E-state index is 13.6. The fourth-order valence-corrected chi connectivity index (χ4v) is 9.83. The summed E-state index contributed by atoms with van der Waals surface area (Å²) in [7, 11) is 0. The first-order valence-corrected chi connectivity index (χ1v) is 12.8. The minimum absolute atomic E-state index is 0.0395. The van der Waals surface area contributed by atoms with Gasteiger partial charge in [-0.05, 0) is 42.4 Å². The Morgan fingerprint density at radius 1 is 0.909 bits per heavy atom. The molecule has 3 fully saturated rings. The van der Waals surface area contributed by atoms with Crippen LogP contribution >= 0.6 is 23.1 Å². The lowest BCUT2D eigenvalue weighted by Crippen LogP contribution is -2.42. The number of H-pyrrole nitrogens is 1. The highest BCUT2D eigenvalue weighted by Crippen LogP contribution is 2.69. The molecular weight excluding hydrogens is 456 g/mol. The molecule has 8 heteroatoms. The van der Waals surface area contributed by atoms with E-state index in [0.717, 1.165) is 21.9 Å². The summed E-state index contributed by atoms with van der Waals surface area (Å²) in [6.45, 7) is 0. The van der Waals surface area contributed by atoms with Gasteiger partial charge in [0.25, 0.3) is 0 Å². The Balaban J connectivity index is 1.36. The first kappa shape index (κ1) is 19.6. The molecule has 33 heavy (non-hydrogen) atoms. The number of rotatable bonds is 2. The van der Waals surface area contributed by atoms with Crippen molar-refractivity contribution in [2.75, 3.05) is 4.90 Å². The second kappa shape index (κ2) is 6.84. The van der Waals surface area contributed by atoms with E-state index in [0.29, 0.717) is 5.69 Å². The highest BCUT2D eigenvalue weighted by Gasteiger charge is 2.69. The first-order chi connectivity index (χ1) is 16.0. The average Bonchev–Trinajstić information content (AvgIpc) is 3.54. The summed E-state index contributed by atoms with van der Waals surface area (Å²) >= 11 is 2.85.